The number of amides is 1. The van der Waals surface area contributed by atoms with Crippen LogP contribution in [0.15, 0.2) is 0 Å². The number of nitrogens with one attached hydrogen (secondary N) is 1. The highest BCUT2D eigenvalue weighted by Gasteiger charge is 2.15. The van der Waals surface area contributed by atoms with Crippen molar-refractivity contribution in [2.45, 2.75) is 50.3 Å². The van der Waals surface area contributed by atoms with Crippen molar-refractivity contribution in [3.8, 4) is 0 Å². The van der Waals surface area contributed by atoms with Gasteiger partial charge in [-0.05, 0) is 25.0 Å². The van der Waals surface area contributed by atoms with Gasteiger partial charge >= 0.3 is 0 Å². The molecule has 4 heteroatoms. The number of carbonyl (C=O) groups is 1. The van der Waals surface area contributed by atoms with Gasteiger partial charge < -0.3 is 11.1 Å². The van der Waals surface area contributed by atoms with Gasteiger partial charge in [-0.25, -0.2) is 0 Å². The van der Waals surface area contributed by atoms with E-state index in [2.05, 4.69) is 5.32 Å². The number of rotatable bonds is 5. The Morgan fingerprint density at radius 3 is 3.00 bits per heavy atom. The van der Waals surface area contributed by atoms with Crippen LogP contribution in [0.4, 0.5) is 0 Å². The molecule has 3 nitrogen and oxygen atoms in total. The molecule has 1 amide bonds. The third-order valence-electron chi connectivity index (χ3n) is 2.77. The summed E-state index contributed by atoms with van der Waals surface area (Å²) >= 11 is 1.98. The van der Waals surface area contributed by atoms with E-state index in [1.54, 1.807) is 0 Å². The third kappa shape index (κ3) is 5.42. The lowest BCUT2D eigenvalue weighted by Crippen LogP contribution is -2.35. The highest BCUT2D eigenvalue weighted by atomic mass is 32.2. The maximum atomic E-state index is 11.5. The molecule has 2 unspecified atom stereocenters. The molecule has 0 bridgehead atoms. The highest BCUT2D eigenvalue weighted by molar-refractivity contribution is 7.99. The molecule has 1 fully saturated rings. The van der Waals surface area contributed by atoms with E-state index >= 15 is 0 Å². The first-order chi connectivity index (χ1) is 7.22. The molecular formula is C11H22N2OS. The lowest BCUT2D eigenvalue weighted by molar-refractivity contribution is -0.121. The zero-order valence-corrected chi connectivity index (χ0v) is 10.3. The van der Waals surface area contributed by atoms with Crippen LogP contribution in [0, 0.1) is 0 Å². The molecule has 0 saturated carbocycles. The molecule has 1 saturated heterocycles. The van der Waals surface area contributed by atoms with Crippen molar-refractivity contribution in [2.24, 2.45) is 5.73 Å². The lowest BCUT2D eigenvalue weighted by atomic mass is 10.1. The molecule has 1 heterocycles. The Kier molecular flexibility index (Phi) is 6.10. The molecule has 1 aliphatic rings. The molecule has 1 aliphatic heterocycles. The van der Waals surface area contributed by atoms with E-state index < -0.39 is 0 Å². The summed E-state index contributed by atoms with van der Waals surface area (Å²) in [6.45, 7) is 2.83. The monoisotopic (exact) mass is 230 g/mol. The Balaban J connectivity index is 2.10. The van der Waals surface area contributed by atoms with Crippen molar-refractivity contribution in [1.82, 2.24) is 5.32 Å². The standard InChI is InChI=1S/C11H22N2OS/c1-2-9(12)7-11(14)13-8-10-5-3-4-6-15-10/h9-10H,2-8,12H2,1H3,(H,13,14). The van der Waals surface area contributed by atoms with E-state index in [0.717, 1.165) is 13.0 Å². The van der Waals surface area contributed by atoms with Gasteiger partial charge in [-0.2, -0.15) is 11.8 Å². The summed E-state index contributed by atoms with van der Waals surface area (Å²) in [5.74, 6) is 1.35. The first-order valence-electron chi connectivity index (χ1n) is 5.86. The van der Waals surface area contributed by atoms with Crippen LogP contribution >= 0.6 is 11.8 Å². The van der Waals surface area contributed by atoms with Crippen LogP contribution in [0.2, 0.25) is 0 Å². The summed E-state index contributed by atoms with van der Waals surface area (Å²) in [4.78, 5) is 11.5. The molecule has 0 aliphatic carbocycles. The first kappa shape index (κ1) is 12.8. The third-order valence-corrected chi connectivity index (χ3v) is 4.17. The van der Waals surface area contributed by atoms with Crippen LogP contribution < -0.4 is 11.1 Å². The van der Waals surface area contributed by atoms with Crippen molar-refractivity contribution < 1.29 is 4.79 Å². The van der Waals surface area contributed by atoms with Gasteiger partial charge in [-0.15, -0.1) is 0 Å². The Hall–Kier alpha value is -0.220. The predicted molar refractivity (Wildman–Crippen MR) is 66.0 cm³/mol. The van der Waals surface area contributed by atoms with Crippen molar-refractivity contribution in [2.75, 3.05) is 12.3 Å². The van der Waals surface area contributed by atoms with Gasteiger partial charge in [0.25, 0.3) is 0 Å². The van der Waals surface area contributed by atoms with Crippen LogP contribution in [-0.4, -0.2) is 29.5 Å². The average Bonchev–Trinajstić information content (AvgIpc) is 2.27. The van der Waals surface area contributed by atoms with E-state index in [4.69, 9.17) is 5.73 Å². The van der Waals surface area contributed by atoms with Crippen molar-refractivity contribution >= 4 is 17.7 Å². The summed E-state index contributed by atoms with van der Waals surface area (Å²) < 4.78 is 0. The number of carbonyl (C=O) groups excluding carboxylic acids is 1. The van der Waals surface area contributed by atoms with Gasteiger partial charge in [0.2, 0.25) is 5.91 Å². The minimum atomic E-state index is 0.0176. The van der Waals surface area contributed by atoms with Crippen LogP contribution in [0.1, 0.15) is 39.0 Å². The van der Waals surface area contributed by atoms with Crippen molar-refractivity contribution in [1.29, 1.82) is 0 Å². The molecule has 1 rings (SSSR count). The van der Waals surface area contributed by atoms with Gasteiger partial charge in [-0.3, -0.25) is 4.79 Å². The summed E-state index contributed by atoms with van der Waals surface area (Å²) in [6, 6.07) is 0.0176. The van der Waals surface area contributed by atoms with E-state index in [1.165, 1.54) is 25.0 Å². The number of hydrogen-bond donors (Lipinski definition) is 2. The highest BCUT2D eigenvalue weighted by Crippen LogP contribution is 2.24. The maximum absolute atomic E-state index is 11.5. The van der Waals surface area contributed by atoms with Crippen LogP contribution in [-0.2, 0) is 4.79 Å². The maximum Gasteiger partial charge on any atom is 0.221 e. The summed E-state index contributed by atoms with van der Waals surface area (Å²) in [5.41, 5.74) is 5.72. The minimum Gasteiger partial charge on any atom is -0.355 e. The fraction of sp³-hybridized carbons (Fsp3) is 0.909. The SMILES string of the molecule is CCC(N)CC(=O)NCC1CCCCS1. The second kappa shape index (κ2) is 7.12. The molecule has 15 heavy (non-hydrogen) atoms. The van der Waals surface area contributed by atoms with Gasteiger partial charge in [0, 0.05) is 24.3 Å². The Morgan fingerprint density at radius 1 is 1.60 bits per heavy atom. The van der Waals surface area contributed by atoms with E-state index in [1.807, 2.05) is 18.7 Å². The summed E-state index contributed by atoms with van der Waals surface area (Å²) in [7, 11) is 0. The molecule has 3 N–H and O–H groups in total. The summed E-state index contributed by atoms with van der Waals surface area (Å²) in [5, 5.41) is 3.60. The van der Waals surface area contributed by atoms with Crippen LogP contribution in [0.25, 0.3) is 0 Å². The largest absolute Gasteiger partial charge is 0.355 e. The quantitative estimate of drug-likeness (QED) is 0.753. The Morgan fingerprint density at radius 2 is 2.40 bits per heavy atom. The Labute approximate surface area is 96.6 Å². The summed E-state index contributed by atoms with van der Waals surface area (Å²) in [6.07, 6.45) is 5.21. The molecule has 0 aromatic heterocycles. The van der Waals surface area contributed by atoms with Gasteiger partial charge in [0.05, 0.1) is 0 Å². The smallest absolute Gasteiger partial charge is 0.221 e. The van der Waals surface area contributed by atoms with Gasteiger partial charge in [0.15, 0.2) is 0 Å². The second-order valence-electron chi connectivity index (χ2n) is 4.17. The van der Waals surface area contributed by atoms with Crippen LogP contribution in [0.5, 0.6) is 0 Å². The van der Waals surface area contributed by atoms with E-state index in [-0.39, 0.29) is 11.9 Å². The average molecular weight is 230 g/mol. The number of hydrogen-bond acceptors (Lipinski definition) is 3. The van der Waals surface area contributed by atoms with Crippen molar-refractivity contribution in [3.05, 3.63) is 0 Å². The normalized spacial score (nSPS) is 23.5. The second-order valence-corrected chi connectivity index (χ2v) is 5.57. The minimum absolute atomic E-state index is 0.0176. The fourth-order valence-electron chi connectivity index (χ4n) is 1.65. The van der Waals surface area contributed by atoms with Gasteiger partial charge in [0.1, 0.15) is 0 Å². The molecule has 2 atom stereocenters. The number of nitrogens with two attached hydrogens (primary N) is 1. The van der Waals surface area contributed by atoms with Crippen LogP contribution in [0.3, 0.4) is 0 Å². The predicted octanol–water partition coefficient (Wildman–Crippen LogP) is 1.52. The molecular weight excluding hydrogens is 208 g/mol. The van der Waals surface area contributed by atoms with E-state index in [0.29, 0.717) is 11.7 Å². The van der Waals surface area contributed by atoms with E-state index in [9.17, 15) is 4.79 Å². The van der Waals surface area contributed by atoms with Gasteiger partial charge in [-0.1, -0.05) is 13.3 Å². The van der Waals surface area contributed by atoms with Crippen molar-refractivity contribution in [3.63, 3.8) is 0 Å². The lowest BCUT2D eigenvalue weighted by Gasteiger charge is -2.21. The molecule has 88 valence electrons. The molecule has 0 aromatic rings. The zero-order valence-electron chi connectivity index (χ0n) is 9.50. The molecule has 0 radical (unpaired) electrons. The first-order valence-corrected chi connectivity index (χ1v) is 6.91. The fourth-order valence-corrected chi connectivity index (χ4v) is 2.89. The number of thioether (sulfide) groups is 1. The Bertz CT molecular complexity index is 193. The topological polar surface area (TPSA) is 55.1 Å². The zero-order chi connectivity index (χ0) is 11.1. The molecule has 0 spiro atoms. The molecule has 0 aromatic carbocycles.